The third-order valence-corrected chi connectivity index (χ3v) is 4.95. The molecule has 138 valence electrons. The number of sulfonamides is 1. The summed E-state index contributed by atoms with van der Waals surface area (Å²) in [5.41, 5.74) is 5.29. The number of hydrogen-bond acceptors (Lipinski definition) is 6. The summed E-state index contributed by atoms with van der Waals surface area (Å²) in [5.74, 6) is 0.365. The van der Waals surface area contributed by atoms with E-state index < -0.39 is 10.0 Å². The second kappa shape index (κ2) is 7.96. The Morgan fingerprint density at radius 1 is 0.963 bits per heavy atom. The van der Waals surface area contributed by atoms with E-state index in [0.717, 1.165) is 11.1 Å². The third-order valence-electron chi connectivity index (χ3n) is 3.60. The molecule has 27 heavy (non-hydrogen) atoms. The summed E-state index contributed by atoms with van der Waals surface area (Å²) in [6, 6.07) is 17.8. The Hall–Kier alpha value is -3.26. The number of hydrogen-bond donors (Lipinski definition) is 2. The summed E-state index contributed by atoms with van der Waals surface area (Å²) in [5, 5.41) is 4.12. The zero-order valence-electron chi connectivity index (χ0n) is 14.9. The molecule has 0 bridgehead atoms. The van der Waals surface area contributed by atoms with Crippen molar-refractivity contribution in [1.29, 1.82) is 0 Å². The zero-order valence-corrected chi connectivity index (χ0v) is 15.7. The van der Waals surface area contributed by atoms with Crippen LogP contribution in [0.5, 0.6) is 0 Å². The molecule has 0 fully saturated rings. The summed E-state index contributed by atoms with van der Waals surface area (Å²) in [6.45, 7) is 3.64. The fraction of sp³-hybridized carbons (Fsp3) is 0.105. The minimum absolute atomic E-state index is 0.0204. The van der Waals surface area contributed by atoms with Gasteiger partial charge in [0.15, 0.2) is 5.82 Å². The molecule has 8 heteroatoms. The molecule has 0 amide bonds. The number of aromatic nitrogens is 2. The molecule has 0 saturated carbocycles. The lowest BCUT2D eigenvalue weighted by molar-refractivity contribution is 0.601. The lowest BCUT2D eigenvalue weighted by Crippen LogP contribution is -2.15. The average molecular weight is 381 g/mol. The Morgan fingerprint density at radius 3 is 2.37 bits per heavy atom. The van der Waals surface area contributed by atoms with Crippen molar-refractivity contribution >= 4 is 28.0 Å². The molecule has 0 aliphatic carbocycles. The van der Waals surface area contributed by atoms with Crippen molar-refractivity contribution in [2.24, 2.45) is 5.10 Å². The van der Waals surface area contributed by atoms with Crippen LogP contribution in [0.15, 0.2) is 70.7 Å². The molecule has 3 aromatic rings. The van der Waals surface area contributed by atoms with Gasteiger partial charge < -0.3 is 0 Å². The van der Waals surface area contributed by atoms with Gasteiger partial charge in [-0.3, -0.25) is 5.43 Å². The van der Waals surface area contributed by atoms with Crippen molar-refractivity contribution in [1.82, 2.24) is 9.97 Å². The van der Waals surface area contributed by atoms with Crippen molar-refractivity contribution in [3.8, 4) is 0 Å². The van der Waals surface area contributed by atoms with Gasteiger partial charge >= 0.3 is 0 Å². The van der Waals surface area contributed by atoms with Gasteiger partial charge in [0.1, 0.15) is 0 Å². The maximum absolute atomic E-state index is 12.5. The molecule has 3 rings (SSSR count). The topological polar surface area (TPSA) is 96.3 Å². The number of anilines is 2. The molecule has 1 heterocycles. The first kappa shape index (κ1) is 18.5. The van der Waals surface area contributed by atoms with Crippen LogP contribution in [0.1, 0.15) is 16.8 Å². The van der Waals surface area contributed by atoms with Gasteiger partial charge in [-0.1, -0.05) is 48.0 Å². The molecule has 0 spiro atoms. The number of hydrazone groups is 1. The number of aryl methyl sites for hydroxylation is 2. The first-order valence-corrected chi connectivity index (χ1v) is 9.70. The van der Waals surface area contributed by atoms with E-state index in [-0.39, 0.29) is 10.8 Å². The van der Waals surface area contributed by atoms with E-state index in [1.54, 1.807) is 31.3 Å². The van der Waals surface area contributed by atoms with Crippen molar-refractivity contribution in [3.63, 3.8) is 0 Å². The lowest BCUT2D eigenvalue weighted by atomic mass is 10.2. The molecule has 7 nitrogen and oxygen atoms in total. The van der Waals surface area contributed by atoms with Gasteiger partial charge in [-0.2, -0.15) is 10.1 Å². The van der Waals surface area contributed by atoms with Gasteiger partial charge in [0.2, 0.25) is 5.95 Å². The summed E-state index contributed by atoms with van der Waals surface area (Å²) in [7, 11) is -3.77. The molecule has 0 atom stereocenters. The standard InChI is InChI=1S/C19H19N5O2S/c1-14-8-10-17(11-9-14)27(25,26)24-19-21-15(2)12-18(22-19)23-20-13-16-6-4-3-5-7-16/h3-13H,1-2H3,(H2,21,22,23,24)/b20-13+. The molecule has 0 aliphatic rings. The van der Waals surface area contributed by atoms with E-state index in [4.69, 9.17) is 0 Å². The van der Waals surface area contributed by atoms with Crippen molar-refractivity contribution in [3.05, 3.63) is 77.5 Å². The van der Waals surface area contributed by atoms with Gasteiger partial charge in [-0.15, -0.1) is 0 Å². The van der Waals surface area contributed by atoms with Crippen LogP contribution in [0, 0.1) is 13.8 Å². The van der Waals surface area contributed by atoms with E-state index in [0.29, 0.717) is 11.5 Å². The highest BCUT2D eigenvalue weighted by Crippen LogP contribution is 2.16. The monoisotopic (exact) mass is 381 g/mol. The molecule has 1 aromatic heterocycles. The first-order chi connectivity index (χ1) is 12.9. The average Bonchev–Trinajstić information content (AvgIpc) is 2.62. The Morgan fingerprint density at radius 2 is 1.67 bits per heavy atom. The fourth-order valence-corrected chi connectivity index (χ4v) is 3.22. The Labute approximate surface area is 158 Å². The lowest BCUT2D eigenvalue weighted by Gasteiger charge is -2.09. The quantitative estimate of drug-likeness (QED) is 0.504. The van der Waals surface area contributed by atoms with E-state index in [9.17, 15) is 8.42 Å². The first-order valence-electron chi connectivity index (χ1n) is 8.22. The van der Waals surface area contributed by atoms with E-state index in [1.807, 2.05) is 37.3 Å². The van der Waals surface area contributed by atoms with Crippen LogP contribution in [-0.4, -0.2) is 24.6 Å². The van der Waals surface area contributed by atoms with Crippen molar-refractivity contribution in [2.75, 3.05) is 10.1 Å². The molecule has 0 radical (unpaired) electrons. The molecule has 0 unspecified atom stereocenters. The van der Waals surface area contributed by atoms with Crippen LogP contribution >= 0.6 is 0 Å². The maximum atomic E-state index is 12.5. The largest absolute Gasteiger partial charge is 0.264 e. The smallest absolute Gasteiger partial charge is 0.261 e. The second-order valence-electron chi connectivity index (χ2n) is 5.92. The Bertz CT molecular complexity index is 1050. The van der Waals surface area contributed by atoms with Gasteiger partial charge in [0.25, 0.3) is 10.0 Å². The van der Waals surface area contributed by atoms with Gasteiger partial charge in [0, 0.05) is 11.8 Å². The van der Waals surface area contributed by atoms with Crippen LogP contribution in [0.25, 0.3) is 0 Å². The van der Waals surface area contributed by atoms with Gasteiger partial charge in [-0.25, -0.2) is 18.1 Å². The highest BCUT2D eigenvalue weighted by atomic mass is 32.2. The number of rotatable bonds is 6. The molecule has 0 aliphatic heterocycles. The number of benzene rings is 2. The van der Waals surface area contributed by atoms with Gasteiger partial charge in [-0.05, 0) is 31.5 Å². The minimum atomic E-state index is -3.77. The van der Waals surface area contributed by atoms with Crippen molar-refractivity contribution < 1.29 is 8.42 Å². The molecule has 0 saturated heterocycles. The number of nitrogens with one attached hydrogen (secondary N) is 2. The predicted molar refractivity (Wildman–Crippen MR) is 106 cm³/mol. The summed E-state index contributed by atoms with van der Waals surface area (Å²) in [4.78, 5) is 8.45. The SMILES string of the molecule is Cc1ccc(S(=O)(=O)Nc2nc(C)cc(N/N=C/c3ccccc3)n2)cc1. The highest BCUT2D eigenvalue weighted by molar-refractivity contribution is 7.92. The summed E-state index contributed by atoms with van der Waals surface area (Å²) >= 11 is 0. The summed E-state index contributed by atoms with van der Waals surface area (Å²) in [6.07, 6.45) is 1.65. The van der Waals surface area contributed by atoms with Gasteiger partial charge in [0.05, 0.1) is 11.1 Å². The number of nitrogens with zero attached hydrogens (tertiary/aromatic N) is 3. The minimum Gasteiger partial charge on any atom is -0.261 e. The Balaban J connectivity index is 1.77. The molecule has 2 aromatic carbocycles. The van der Waals surface area contributed by atoms with Crippen LogP contribution in [0.4, 0.5) is 11.8 Å². The Kier molecular flexibility index (Phi) is 5.46. The van der Waals surface area contributed by atoms with Crippen LogP contribution in [-0.2, 0) is 10.0 Å². The predicted octanol–water partition coefficient (Wildman–Crippen LogP) is 3.34. The normalized spacial score (nSPS) is 11.5. The third kappa shape index (κ3) is 5.11. The zero-order chi connectivity index (χ0) is 19.3. The molecular formula is C19H19N5O2S. The molecular weight excluding hydrogens is 362 g/mol. The fourth-order valence-electron chi connectivity index (χ4n) is 2.28. The highest BCUT2D eigenvalue weighted by Gasteiger charge is 2.16. The van der Waals surface area contributed by atoms with Crippen LogP contribution in [0.3, 0.4) is 0 Å². The second-order valence-corrected chi connectivity index (χ2v) is 7.60. The van der Waals surface area contributed by atoms with Crippen LogP contribution < -0.4 is 10.1 Å². The van der Waals surface area contributed by atoms with Crippen LogP contribution in [0.2, 0.25) is 0 Å². The summed E-state index contributed by atoms with van der Waals surface area (Å²) < 4.78 is 27.4. The van der Waals surface area contributed by atoms with E-state index in [2.05, 4.69) is 25.2 Å². The molecule has 2 N–H and O–H groups in total. The van der Waals surface area contributed by atoms with E-state index in [1.165, 1.54) is 12.1 Å². The van der Waals surface area contributed by atoms with E-state index >= 15 is 0 Å². The maximum Gasteiger partial charge on any atom is 0.264 e. The van der Waals surface area contributed by atoms with Crippen molar-refractivity contribution in [2.45, 2.75) is 18.7 Å².